The van der Waals surface area contributed by atoms with Crippen LogP contribution in [0, 0.1) is 0 Å². The van der Waals surface area contributed by atoms with Crippen molar-refractivity contribution >= 4 is 34.4 Å². The summed E-state index contributed by atoms with van der Waals surface area (Å²) < 4.78 is 0. The van der Waals surface area contributed by atoms with Gasteiger partial charge in [0, 0.05) is 26.2 Å². The Morgan fingerprint density at radius 3 is 1.50 bits per heavy atom. The number of rotatable bonds is 7. The monoisotopic (exact) mass is 284 g/mol. The predicted molar refractivity (Wildman–Crippen MR) is 85.3 cm³/mol. The zero-order valence-electron chi connectivity index (χ0n) is 11.2. The molecule has 0 atom stereocenters. The van der Waals surface area contributed by atoms with Crippen LogP contribution in [-0.4, -0.2) is 46.0 Å². The van der Waals surface area contributed by atoms with Crippen LogP contribution in [0.5, 0.6) is 0 Å². The molecule has 0 unspecified atom stereocenters. The van der Waals surface area contributed by atoms with Crippen molar-refractivity contribution < 1.29 is 0 Å². The summed E-state index contributed by atoms with van der Waals surface area (Å²) in [5.41, 5.74) is 0. The third kappa shape index (κ3) is 4.16. The molecule has 2 fully saturated rings. The van der Waals surface area contributed by atoms with E-state index in [1.165, 1.54) is 74.7 Å². The number of nitrogens with zero attached hydrogens (tertiary/aromatic N) is 2. The highest BCUT2D eigenvalue weighted by Crippen LogP contribution is 2.15. The van der Waals surface area contributed by atoms with Crippen molar-refractivity contribution in [3.63, 3.8) is 0 Å². The molecule has 0 bridgehead atoms. The largest absolute Gasteiger partial charge is 0.366 e. The molecule has 2 heterocycles. The molecule has 0 spiro atoms. The van der Waals surface area contributed by atoms with Crippen LogP contribution < -0.4 is 0 Å². The van der Waals surface area contributed by atoms with Gasteiger partial charge in [0.15, 0.2) is 0 Å². The predicted octanol–water partition coefficient (Wildman–Crippen LogP) is 3.39. The van der Waals surface area contributed by atoms with Gasteiger partial charge in [0.05, 0.1) is 9.98 Å². The molecular formula is C14H24N2S2. The van der Waals surface area contributed by atoms with Gasteiger partial charge in [-0.3, -0.25) is 0 Å². The van der Waals surface area contributed by atoms with Gasteiger partial charge in [0.25, 0.3) is 0 Å². The number of likely N-dealkylation sites (tertiary alicyclic amines) is 2. The van der Waals surface area contributed by atoms with E-state index in [1.54, 1.807) is 0 Å². The van der Waals surface area contributed by atoms with Crippen LogP contribution in [0.1, 0.15) is 51.4 Å². The molecule has 0 aromatic carbocycles. The van der Waals surface area contributed by atoms with Crippen molar-refractivity contribution in [2.75, 3.05) is 26.2 Å². The molecular weight excluding hydrogens is 260 g/mol. The summed E-state index contributed by atoms with van der Waals surface area (Å²) in [5.74, 6) is 0. The van der Waals surface area contributed by atoms with Crippen LogP contribution in [0.2, 0.25) is 0 Å². The minimum Gasteiger partial charge on any atom is -0.366 e. The molecule has 0 aliphatic carbocycles. The lowest BCUT2D eigenvalue weighted by molar-refractivity contribution is 0.412. The molecule has 2 aliphatic heterocycles. The Kier molecular flexibility index (Phi) is 5.83. The first-order valence-corrected chi connectivity index (χ1v) is 8.14. The highest BCUT2D eigenvalue weighted by molar-refractivity contribution is 7.80. The quantitative estimate of drug-likeness (QED) is 0.522. The average molecular weight is 284 g/mol. The molecule has 0 saturated carbocycles. The van der Waals surface area contributed by atoms with Crippen LogP contribution in [0.4, 0.5) is 0 Å². The fourth-order valence-electron chi connectivity index (χ4n) is 2.84. The molecule has 0 radical (unpaired) electrons. The highest BCUT2D eigenvalue weighted by atomic mass is 32.1. The summed E-state index contributed by atoms with van der Waals surface area (Å²) >= 11 is 10.7. The van der Waals surface area contributed by atoms with Gasteiger partial charge in [0.1, 0.15) is 0 Å². The highest BCUT2D eigenvalue weighted by Gasteiger charge is 2.16. The standard InChI is InChI=1S/C14H24N2S2/c17-13-7-5-11-15(13)9-3-1-2-4-10-16-12-6-8-14(16)18/h1-12H2. The molecule has 0 N–H and O–H groups in total. The summed E-state index contributed by atoms with van der Waals surface area (Å²) in [7, 11) is 0. The Morgan fingerprint density at radius 2 is 1.17 bits per heavy atom. The lowest BCUT2D eigenvalue weighted by Gasteiger charge is -2.19. The molecule has 4 heteroatoms. The number of thiocarbonyl (C=S) groups is 2. The fourth-order valence-corrected chi connectivity index (χ4v) is 3.49. The van der Waals surface area contributed by atoms with Gasteiger partial charge in [-0.1, -0.05) is 37.3 Å². The topological polar surface area (TPSA) is 6.48 Å². The van der Waals surface area contributed by atoms with Gasteiger partial charge >= 0.3 is 0 Å². The van der Waals surface area contributed by atoms with Gasteiger partial charge in [0.2, 0.25) is 0 Å². The summed E-state index contributed by atoms with van der Waals surface area (Å²) in [6.45, 7) is 4.75. The summed E-state index contributed by atoms with van der Waals surface area (Å²) in [5, 5.41) is 0. The zero-order valence-corrected chi connectivity index (χ0v) is 12.8. The van der Waals surface area contributed by atoms with Gasteiger partial charge < -0.3 is 9.80 Å². The third-order valence-electron chi connectivity index (χ3n) is 3.95. The minimum atomic E-state index is 1.14. The molecule has 2 saturated heterocycles. The van der Waals surface area contributed by atoms with E-state index < -0.39 is 0 Å². The number of hydrogen-bond acceptors (Lipinski definition) is 2. The normalized spacial score (nSPS) is 20.2. The van der Waals surface area contributed by atoms with Crippen LogP contribution in [0.25, 0.3) is 0 Å². The molecule has 2 aliphatic rings. The Hall–Kier alpha value is -0.220. The Labute approximate surface area is 122 Å². The van der Waals surface area contributed by atoms with Crippen LogP contribution in [0.3, 0.4) is 0 Å². The van der Waals surface area contributed by atoms with E-state index in [0.717, 1.165) is 12.8 Å². The van der Waals surface area contributed by atoms with Crippen molar-refractivity contribution in [2.45, 2.75) is 51.4 Å². The first-order chi connectivity index (χ1) is 8.77. The van der Waals surface area contributed by atoms with E-state index >= 15 is 0 Å². The van der Waals surface area contributed by atoms with E-state index in [2.05, 4.69) is 9.80 Å². The summed E-state index contributed by atoms with van der Waals surface area (Å²) in [4.78, 5) is 7.17. The number of unbranched alkanes of at least 4 members (excludes halogenated alkanes) is 3. The fraction of sp³-hybridized carbons (Fsp3) is 0.857. The molecule has 0 aromatic heterocycles. The first-order valence-electron chi connectivity index (χ1n) is 7.33. The van der Waals surface area contributed by atoms with E-state index in [9.17, 15) is 0 Å². The smallest absolute Gasteiger partial charge is 0.0779 e. The third-order valence-corrected chi connectivity index (χ3v) is 4.87. The molecule has 18 heavy (non-hydrogen) atoms. The molecule has 0 amide bonds. The maximum Gasteiger partial charge on any atom is 0.0779 e. The van der Waals surface area contributed by atoms with E-state index in [4.69, 9.17) is 24.4 Å². The average Bonchev–Trinajstić information content (AvgIpc) is 2.94. The molecule has 2 nitrogen and oxygen atoms in total. The first kappa shape index (κ1) is 14.2. The van der Waals surface area contributed by atoms with Crippen molar-refractivity contribution in [1.29, 1.82) is 0 Å². The lowest BCUT2D eigenvalue weighted by Crippen LogP contribution is -2.25. The van der Waals surface area contributed by atoms with Crippen LogP contribution in [-0.2, 0) is 0 Å². The second-order valence-corrected chi connectivity index (χ2v) is 6.33. The summed E-state index contributed by atoms with van der Waals surface area (Å²) in [6, 6.07) is 0. The van der Waals surface area contributed by atoms with Gasteiger partial charge in [-0.15, -0.1) is 0 Å². The van der Waals surface area contributed by atoms with Crippen molar-refractivity contribution in [3.8, 4) is 0 Å². The van der Waals surface area contributed by atoms with Crippen molar-refractivity contribution in [2.24, 2.45) is 0 Å². The molecule has 2 rings (SSSR count). The minimum absolute atomic E-state index is 1.14. The SMILES string of the molecule is S=C1CCCN1CCCCCCN1CCCC1=S. The molecule has 102 valence electrons. The van der Waals surface area contributed by atoms with Gasteiger partial charge in [-0.2, -0.15) is 0 Å². The van der Waals surface area contributed by atoms with E-state index in [1.807, 2.05) is 0 Å². The van der Waals surface area contributed by atoms with Gasteiger partial charge in [-0.25, -0.2) is 0 Å². The Morgan fingerprint density at radius 1 is 0.722 bits per heavy atom. The second kappa shape index (κ2) is 7.39. The maximum absolute atomic E-state index is 5.33. The van der Waals surface area contributed by atoms with Crippen molar-refractivity contribution in [1.82, 2.24) is 9.80 Å². The zero-order chi connectivity index (χ0) is 12.8. The maximum atomic E-state index is 5.33. The Bertz CT molecular complexity index is 274. The number of hydrogen-bond donors (Lipinski definition) is 0. The Balaban J connectivity index is 1.46. The lowest BCUT2D eigenvalue weighted by atomic mass is 10.2. The van der Waals surface area contributed by atoms with Crippen LogP contribution >= 0.6 is 24.4 Å². The van der Waals surface area contributed by atoms with E-state index in [-0.39, 0.29) is 0 Å². The van der Waals surface area contributed by atoms with Crippen LogP contribution in [0.15, 0.2) is 0 Å². The van der Waals surface area contributed by atoms with E-state index in [0.29, 0.717) is 0 Å². The summed E-state index contributed by atoms with van der Waals surface area (Å²) in [6.07, 6.45) is 10.1. The van der Waals surface area contributed by atoms with Crippen molar-refractivity contribution in [3.05, 3.63) is 0 Å². The second-order valence-electron chi connectivity index (χ2n) is 5.38. The molecule has 0 aromatic rings. The van der Waals surface area contributed by atoms with Gasteiger partial charge in [-0.05, 0) is 38.5 Å².